The second-order valence-electron chi connectivity index (χ2n) is 5.23. The van der Waals surface area contributed by atoms with Gasteiger partial charge in [-0.3, -0.25) is 9.78 Å². The van der Waals surface area contributed by atoms with Gasteiger partial charge in [0.05, 0.1) is 16.9 Å². The fourth-order valence-corrected chi connectivity index (χ4v) is 5.19. The Kier molecular flexibility index (Phi) is 6.29. The number of aromatic nitrogens is 1. The van der Waals surface area contributed by atoms with Crippen LogP contribution in [0.25, 0.3) is 0 Å². The minimum atomic E-state index is -0.0201. The van der Waals surface area contributed by atoms with Crippen LogP contribution in [0.3, 0.4) is 0 Å². The monoisotopic (exact) mass is 380 g/mol. The van der Waals surface area contributed by atoms with Gasteiger partial charge in [-0.05, 0) is 24.3 Å². The number of ether oxygens (including phenoxy) is 1. The van der Waals surface area contributed by atoms with E-state index in [1.807, 2.05) is 23.5 Å². The third-order valence-corrected chi connectivity index (χ3v) is 6.54. The third-order valence-electron chi connectivity index (χ3n) is 3.39. The van der Waals surface area contributed by atoms with Crippen LogP contribution in [0.1, 0.15) is 6.42 Å². The number of halogens is 1. The number of pyridine rings is 1. The van der Waals surface area contributed by atoms with Gasteiger partial charge < -0.3 is 10.1 Å². The number of nitrogens with one attached hydrogen (secondary N) is 1. The summed E-state index contributed by atoms with van der Waals surface area (Å²) in [6.07, 6.45) is 3.77. The van der Waals surface area contributed by atoms with Crippen molar-refractivity contribution in [2.75, 3.05) is 22.6 Å². The van der Waals surface area contributed by atoms with Crippen LogP contribution in [-0.2, 0) is 4.79 Å². The zero-order valence-corrected chi connectivity index (χ0v) is 15.3. The van der Waals surface area contributed by atoms with Crippen molar-refractivity contribution in [1.82, 2.24) is 4.98 Å². The largest absolute Gasteiger partial charge is 0.452 e. The highest BCUT2D eigenvalue weighted by atomic mass is 35.5. The molecule has 24 heavy (non-hydrogen) atoms. The lowest BCUT2D eigenvalue weighted by Crippen LogP contribution is -2.22. The number of carbonyl (C=O) groups is 1. The zero-order valence-electron chi connectivity index (χ0n) is 12.9. The molecule has 1 aromatic carbocycles. The Morgan fingerprint density at radius 1 is 1.33 bits per heavy atom. The van der Waals surface area contributed by atoms with E-state index < -0.39 is 0 Å². The number of benzene rings is 1. The fourth-order valence-electron chi connectivity index (χ4n) is 2.30. The number of anilines is 1. The van der Waals surface area contributed by atoms with E-state index >= 15 is 0 Å². The second kappa shape index (κ2) is 8.65. The first-order valence-corrected chi connectivity index (χ1v) is 10.2. The summed E-state index contributed by atoms with van der Waals surface area (Å²) in [6.45, 7) is 0. The van der Waals surface area contributed by atoms with Gasteiger partial charge in [-0.15, -0.1) is 0 Å². The first kappa shape index (κ1) is 17.5. The molecule has 1 N–H and O–H groups in total. The first-order valence-electron chi connectivity index (χ1n) is 7.58. The van der Waals surface area contributed by atoms with Crippen LogP contribution >= 0.6 is 35.1 Å². The molecule has 1 saturated heterocycles. The molecule has 1 fully saturated rings. The number of hydrogen-bond acceptors (Lipinski definition) is 5. The van der Waals surface area contributed by atoms with Crippen LogP contribution in [0.15, 0.2) is 42.7 Å². The van der Waals surface area contributed by atoms with Crippen molar-refractivity contribution in [2.45, 2.75) is 11.7 Å². The highest BCUT2D eigenvalue weighted by Gasteiger charge is 2.19. The molecule has 126 valence electrons. The summed E-state index contributed by atoms with van der Waals surface area (Å²) in [4.78, 5) is 16.4. The molecular weight excluding hydrogens is 364 g/mol. The molecule has 0 saturated carbocycles. The molecule has 3 rings (SSSR count). The zero-order chi connectivity index (χ0) is 16.8. The highest BCUT2D eigenvalue weighted by molar-refractivity contribution is 8.06. The van der Waals surface area contributed by atoms with Crippen molar-refractivity contribution in [3.8, 4) is 11.5 Å². The Hall–Kier alpha value is -1.37. The van der Waals surface area contributed by atoms with Crippen molar-refractivity contribution in [2.24, 2.45) is 0 Å². The normalized spacial score (nSPS) is 17.3. The summed E-state index contributed by atoms with van der Waals surface area (Å²) in [5, 5.41) is 3.74. The van der Waals surface area contributed by atoms with E-state index in [1.165, 1.54) is 5.75 Å². The Bertz CT molecular complexity index is 694. The van der Waals surface area contributed by atoms with Crippen molar-refractivity contribution >= 4 is 46.7 Å². The van der Waals surface area contributed by atoms with E-state index in [4.69, 9.17) is 16.3 Å². The maximum Gasteiger partial charge on any atom is 0.225 e. The molecule has 1 aliphatic heterocycles. The number of rotatable bonds is 5. The van der Waals surface area contributed by atoms with Gasteiger partial charge in [0.2, 0.25) is 5.91 Å². The number of amides is 1. The van der Waals surface area contributed by atoms with Gasteiger partial charge >= 0.3 is 0 Å². The Morgan fingerprint density at radius 2 is 2.25 bits per heavy atom. The summed E-state index contributed by atoms with van der Waals surface area (Å²) in [7, 11) is 0. The van der Waals surface area contributed by atoms with Crippen LogP contribution in [0, 0.1) is 0 Å². The smallest absolute Gasteiger partial charge is 0.225 e. The van der Waals surface area contributed by atoms with Gasteiger partial charge in [0.1, 0.15) is 5.75 Å². The van der Waals surface area contributed by atoms with Crippen LogP contribution in [0.5, 0.6) is 11.5 Å². The molecule has 2 aromatic rings. The van der Waals surface area contributed by atoms with Crippen LogP contribution in [-0.4, -0.2) is 33.4 Å². The molecule has 1 aromatic heterocycles. The molecule has 1 aliphatic rings. The van der Waals surface area contributed by atoms with Gasteiger partial charge in [0, 0.05) is 35.1 Å². The molecule has 7 heteroatoms. The lowest BCUT2D eigenvalue weighted by molar-refractivity contribution is -0.116. The summed E-state index contributed by atoms with van der Waals surface area (Å²) in [5.41, 5.74) is 0.574. The minimum Gasteiger partial charge on any atom is -0.452 e. The Labute approximate surface area is 154 Å². The van der Waals surface area contributed by atoms with Crippen LogP contribution in [0.4, 0.5) is 5.69 Å². The molecule has 0 radical (unpaired) electrons. The molecule has 1 amide bonds. The molecular formula is C17H17ClN2O2S2. The predicted molar refractivity (Wildman–Crippen MR) is 103 cm³/mol. The Balaban J connectivity index is 1.70. The van der Waals surface area contributed by atoms with E-state index in [1.54, 1.807) is 42.7 Å². The standard InChI is InChI=1S/C17H17ClN2O2S2/c18-14-4-1-5-15(17(14)22-12-3-2-6-19-10-12)20-16(21)9-13-11-23-7-8-24-13/h1-6,10,13H,7-9,11H2,(H,20,21). The van der Waals surface area contributed by atoms with E-state index in [0.717, 1.165) is 11.5 Å². The molecule has 1 atom stereocenters. The molecule has 0 aliphatic carbocycles. The van der Waals surface area contributed by atoms with Crippen molar-refractivity contribution in [3.63, 3.8) is 0 Å². The van der Waals surface area contributed by atoms with Crippen LogP contribution < -0.4 is 10.1 Å². The van der Waals surface area contributed by atoms with Crippen molar-refractivity contribution < 1.29 is 9.53 Å². The molecule has 2 heterocycles. The minimum absolute atomic E-state index is 0.0201. The van der Waals surface area contributed by atoms with Crippen LogP contribution in [0.2, 0.25) is 5.02 Å². The average molecular weight is 381 g/mol. The lowest BCUT2D eigenvalue weighted by Gasteiger charge is -2.20. The second-order valence-corrected chi connectivity index (χ2v) is 8.19. The number of carbonyl (C=O) groups excluding carboxylic acids is 1. The number of thioether (sulfide) groups is 2. The van der Waals surface area contributed by atoms with Gasteiger partial charge in [-0.1, -0.05) is 17.7 Å². The molecule has 0 spiro atoms. The van der Waals surface area contributed by atoms with Gasteiger partial charge in [0.15, 0.2) is 5.75 Å². The lowest BCUT2D eigenvalue weighted by atomic mass is 10.2. The van der Waals surface area contributed by atoms with Gasteiger partial charge in [0.25, 0.3) is 0 Å². The number of para-hydroxylation sites is 1. The predicted octanol–water partition coefficient (Wildman–Crippen LogP) is 4.70. The van der Waals surface area contributed by atoms with E-state index in [2.05, 4.69) is 10.3 Å². The summed E-state index contributed by atoms with van der Waals surface area (Å²) < 4.78 is 5.81. The third kappa shape index (κ3) is 4.82. The summed E-state index contributed by atoms with van der Waals surface area (Å²) >= 11 is 10.0. The van der Waals surface area contributed by atoms with E-state index in [0.29, 0.717) is 33.9 Å². The maximum atomic E-state index is 12.4. The molecule has 4 nitrogen and oxygen atoms in total. The van der Waals surface area contributed by atoms with Gasteiger partial charge in [-0.2, -0.15) is 23.5 Å². The fraction of sp³-hybridized carbons (Fsp3) is 0.294. The SMILES string of the molecule is O=C(CC1CSCCS1)Nc1cccc(Cl)c1Oc1cccnc1. The number of nitrogens with zero attached hydrogens (tertiary/aromatic N) is 1. The van der Waals surface area contributed by atoms with E-state index in [9.17, 15) is 4.79 Å². The maximum absolute atomic E-state index is 12.4. The highest BCUT2D eigenvalue weighted by Crippen LogP contribution is 2.36. The first-order chi connectivity index (χ1) is 11.7. The Morgan fingerprint density at radius 3 is 3.00 bits per heavy atom. The molecule has 0 bridgehead atoms. The number of hydrogen-bond donors (Lipinski definition) is 1. The molecule has 1 unspecified atom stereocenters. The van der Waals surface area contributed by atoms with Gasteiger partial charge in [-0.25, -0.2) is 0 Å². The topological polar surface area (TPSA) is 51.2 Å². The average Bonchev–Trinajstić information content (AvgIpc) is 2.60. The van der Waals surface area contributed by atoms with Crippen molar-refractivity contribution in [3.05, 3.63) is 47.7 Å². The summed E-state index contributed by atoms with van der Waals surface area (Å²) in [6, 6.07) is 8.88. The van der Waals surface area contributed by atoms with E-state index in [-0.39, 0.29) is 5.91 Å². The van der Waals surface area contributed by atoms with Crippen molar-refractivity contribution in [1.29, 1.82) is 0 Å². The quantitative estimate of drug-likeness (QED) is 0.814. The summed E-state index contributed by atoms with van der Waals surface area (Å²) in [5.74, 6) is 4.28.